The van der Waals surface area contributed by atoms with Crippen LogP contribution in [0.2, 0.25) is 0 Å². The molecule has 94 valence electrons. The van der Waals surface area contributed by atoms with Crippen molar-refractivity contribution in [3.05, 3.63) is 0 Å². The normalized spacial score (nSPS) is 30.8. The molecule has 0 spiro atoms. The maximum atomic E-state index is 11.8. The van der Waals surface area contributed by atoms with E-state index >= 15 is 0 Å². The van der Waals surface area contributed by atoms with Crippen molar-refractivity contribution in [1.82, 2.24) is 10.6 Å². The quantitative estimate of drug-likeness (QED) is 0.670. The molecule has 0 radical (unpaired) electrons. The van der Waals surface area contributed by atoms with E-state index in [1.807, 2.05) is 0 Å². The molecule has 0 unspecified atom stereocenters. The first-order chi connectivity index (χ1) is 7.25. The molecule has 16 heavy (non-hydrogen) atoms. The van der Waals surface area contributed by atoms with Crippen LogP contribution < -0.4 is 10.6 Å². The highest BCUT2D eigenvalue weighted by molar-refractivity contribution is 5.85. The molecular formula is C11H21ClN2O2. The van der Waals surface area contributed by atoms with Gasteiger partial charge >= 0.3 is 0 Å². The van der Waals surface area contributed by atoms with E-state index in [1.165, 1.54) is 19.3 Å². The fourth-order valence-electron chi connectivity index (χ4n) is 2.47. The third-order valence-corrected chi connectivity index (χ3v) is 3.38. The third-order valence-electron chi connectivity index (χ3n) is 3.38. The SMILES string of the molecule is Cl.O=C(NC1CCCCC1)[C@H]1C[C@H](O)CN1. The summed E-state index contributed by atoms with van der Waals surface area (Å²) in [5, 5.41) is 15.4. The van der Waals surface area contributed by atoms with Gasteiger partial charge in [0, 0.05) is 12.6 Å². The number of carbonyl (C=O) groups is 1. The Morgan fingerprint density at radius 1 is 1.25 bits per heavy atom. The van der Waals surface area contributed by atoms with Crippen molar-refractivity contribution in [1.29, 1.82) is 0 Å². The molecule has 1 heterocycles. The Kier molecular flexibility index (Phi) is 5.52. The zero-order valence-electron chi connectivity index (χ0n) is 9.45. The minimum atomic E-state index is -0.355. The van der Waals surface area contributed by atoms with E-state index in [-0.39, 0.29) is 30.5 Å². The summed E-state index contributed by atoms with van der Waals surface area (Å²) in [6, 6.07) is 0.188. The predicted octanol–water partition coefficient (Wildman–Crippen LogP) is 0.580. The van der Waals surface area contributed by atoms with Gasteiger partial charge in [0.25, 0.3) is 0 Å². The van der Waals surface area contributed by atoms with Gasteiger partial charge in [0.05, 0.1) is 12.1 Å². The van der Waals surface area contributed by atoms with Gasteiger partial charge in [-0.15, -0.1) is 12.4 Å². The molecule has 1 saturated heterocycles. The van der Waals surface area contributed by atoms with Gasteiger partial charge < -0.3 is 15.7 Å². The number of aliphatic hydroxyl groups excluding tert-OH is 1. The van der Waals surface area contributed by atoms with Gasteiger partial charge in [-0.2, -0.15) is 0 Å². The molecule has 0 bridgehead atoms. The molecular weight excluding hydrogens is 228 g/mol. The third kappa shape index (κ3) is 3.61. The Hall–Kier alpha value is -0.320. The van der Waals surface area contributed by atoms with E-state index in [9.17, 15) is 9.90 Å². The standard InChI is InChI=1S/C11H20N2O2.ClH/c14-9-6-10(12-7-9)11(15)13-8-4-2-1-3-5-8;/h8-10,12,14H,1-7H2,(H,13,15);1H/t9-,10+;/m0./s1. The number of amides is 1. The van der Waals surface area contributed by atoms with Gasteiger partial charge in [0.2, 0.25) is 5.91 Å². The maximum absolute atomic E-state index is 11.8. The van der Waals surface area contributed by atoms with E-state index in [1.54, 1.807) is 0 Å². The fourth-order valence-corrected chi connectivity index (χ4v) is 2.47. The number of hydrogen-bond donors (Lipinski definition) is 3. The zero-order chi connectivity index (χ0) is 10.7. The summed E-state index contributed by atoms with van der Waals surface area (Å²) in [5.41, 5.74) is 0. The van der Waals surface area contributed by atoms with E-state index < -0.39 is 0 Å². The van der Waals surface area contributed by atoms with Gasteiger partial charge in [-0.05, 0) is 19.3 Å². The number of hydrogen-bond acceptors (Lipinski definition) is 3. The average Bonchev–Trinajstić information content (AvgIpc) is 2.66. The van der Waals surface area contributed by atoms with Crippen LogP contribution in [0.4, 0.5) is 0 Å². The molecule has 1 amide bonds. The van der Waals surface area contributed by atoms with Crippen LogP contribution in [0.1, 0.15) is 38.5 Å². The lowest BCUT2D eigenvalue weighted by Gasteiger charge is -2.24. The number of halogens is 1. The smallest absolute Gasteiger partial charge is 0.237 e. The van der Waals surface area contributed by atoms with Crippen molar-refractivity contribution in [3.8, 4) is 0 Å². The second-order valence-electron chi connectivity index (χ2n) is 4.69. The molecule has 0 aromatic heterocycles. The summed E-state index contributed by atoms with van der Waals surface area (Å²) < 4.78 is 0. The summed E-state index contributed by atoms with van der Waals surface area (Å²) >= 11 is 0. The molecule has 0 aromatic carbocycles. The molecule has 4 nitrogen and oxygen atoms in total. The Morgan fingerprint density at radius 2 is 1.94 bits per heavy atom. The Bertz CT molecular complexity index is 232. The summed E-state index contributed by atoms with van der Waals surface area (Å²) in [7, 11) is 0. The van der Waals surface area contributed by atoms with E-state index in [0.29, 0.717) is 19.0 Å². The summed E-state index contributed by atoms with van der Waals surface area (Å²) in [6.07, 6.45) is 6.18. The van der Waals surface area contributed by atoms with Crippen molar-refractivity contribution >= 4 is 18.3 Å². The lowest BCUT2D eigenvalue weighted by Crippen LogP contribution is -2.45. The van der Waals surface area contributed by atoms with Crippen LogP contribution in [-0.2, 0) is 4.79 Å². The molecule has 1 aliphatic carbocycles. The van der Waals surface area contributed by atoms with Crippen LogP contribution in [0.25, 0.3) is 0 Å². The zero-order valence-corrected chi connectivity index (χ0v) is 10.3. The van der Waals surface area contributed by atoms with Crippen LogP contribution in [0.5, 0.6) is 0 Å². The van der Waals surface area contributed by atoms with Crippen LogP contribution in [-0.4, -0.2) is 35.7 Å². The molecule has 2 aliphatic rings. The van der Waals surface area contributed by atoms with E-state index in [0.717, 1.165) is 12.8 Å². The predicted molar refractivity (Wildman–Crippen MR) is 64.7 cm³/mol. The number of nitrogens with one attached hydrogen (secondary N) is 2. The van der Waals surface area contributed by atoms with Crippen molar-refractivity contribution < 1.29 is 9.90 Å². The van der Waals surface area contributed by atoms with Gasteiger partial charge in [0.1, 0.15) is 0 Å². The van der Waals surface area contributed by atoms with Gasteiger partial charge in [0.15, 0.2) is 0 Å². The molecule has 2 fully saturated rings. The first-order valence-corrected chi connectivity index (χ1v) is 5.97. The number of rotatable bonds is 2. The lowest BCUT2D eigenvalue weighted by molar-refractivity contribution is -0.123. The number of carbonyl (C=O) groups excluding carboxylic acids is 1. The number of β-amino-alcohol motifs (C(OH)–C–C–N with tert-alkyl or cyclic N) is 1. The van der Waals surface area contributed by atoms with E-state index in [4.69, 9.17) is 0 Å². The minimum Gasteiger partial charge on any atom is -0.392 e. The summed E-state index contributed by atoms with van der Waals surface area (Å²) in [4.78, 5) is 11.8. The molecule has 2 rings (SSSR count). The molecule has 5 heteroatoms. The molecule has 0 aromatic rings. The second kappa shape index (κ2) is 6.42. The Balaban J connectivity index is 0.00000128. The molecule has 1 aliphatic heterocycles. The first-order valence-electron chi connectivity index (χ1n) is 5.97. The van der Waals surface area contributed by atoms with E-state index in [2.05, 4.69) is 10.6 Å². The van der Waals surface area contributed by atoms with Gasteiger partial charge in [-0.3, -0.25) is 4.79 Å². The second-order valence-corrected chi connectivity index (χ2v) is 4.69. The van der Waals surface area contributed by atoms with Crippen LogP contribution in [0.3, 0.4) is 0 Å². The van der Waals surface area contributed by atoms with Crippen molar-refractivity contribution in [2.24, 2.45) is 0 Å². The van der Waals surface area contributed by atoms with Crippen LogP contribution >= 0.6 is 12.4 Å². The highest BCUT2D eigenvalue weighted by Gasteiger charge is 2.29. The number of aliphatic hydroxyl groups is 1. The first kappa shape index (κ1) is 13.7. The van der Waals surface area contributed by atoms with Gasteiger partial charge in [-0.25, -0.2) is 0 Å². The fraction of sp³-hybridized carbons (Fsp3) is 0.909. The summed E-state index contributed by atoms with van der Waals surface area (Å²) in [6.45, 7) is 0.544. The Morgan fingerprint density at radius 3 is 2.50 bits per heavy atom. The van der Waals surface area contributed by atoms with Crippen molar-refractivity contribution in [2.45, 2.75) is 56.7 Å². The minimum absolute atomic E-state index is 0. The topological polar surface area (TPSA) is 61.4 Å². The molecule has 2 atom stereocenters. The highest BCUT2D eigenvalue weighted by Crippen LogP contribution is 2.18. The van der Waals surface area contributed by atoms with Crippen LogP contribution in [0, 0.1) is 0 Å². The molecule has 1 saturated carbocycles. The van der Waals surface area contributed by atoms with Gasteiger partial charge in [-0.1, -0.05) is 19.3 Å². The monoisotopic (exact) mass is 248 g/mol. The lowest BCUT2D eigenvalue weighted by atomic mass is 9.95. The highest BCUT2D eigenvalue weighted by atomic mass is 35.5. The molecule has 3 N–H and O–H groups in total. The Labute approximate surface area is 103 Å². The van der Waals surface area contributed by atoms with Crippen molar-refractivity contribution in [2.75, 3.05) is 6.54 Å². The largest absolute Gasteiger partial charge is 0.392 e. The van der Waals surface area contributed by atoms with Crippen molar-refractivity contribution in [3.63, 3.8) is 0 Å². The average molecular weight is 249 g/mol. The maximum Gasteiger partial charge on any atom is 0.237 e. The summed E-state index contributed by atoms with van der Waals surface area (Å²) in [5.74, 6) is 0.0680. The van der Waals surface area contributed by atoms with Crippen LogP contribution in [0.15, 0.2) is 0 Å².